The standard InChI is InChI=1S/C38H69NO13/c1-14-26-37(10,45)31(42)21(5)28(40)19(3)17-38(46,15-2)33(52-35-29(41)25(39(11)12)16-20(4)48-35)22(6)30(23(7)34(44)50-26)51-27-18-36(9,47-13)32(43)24(8)49-27/h19-27,29-33,35,41-43,45-46H,14-18H2,1-13H3/t19-,20-,21+,22+,23-,24+,25+,26?,27+,29-,30?,31-,32+,33-,35+,36-,37-,38-/m1/s1. The first-order valence-electron chi connectivity index (χ1n) is 19.1. The zero-order valence-electron chi connectivity index (χ0n) is 33.6. The van der Waals surface area contributed by atoms with Crippen LogP contribution in [-0.4, -0.2) is 148 Å². The molecular formula is C38H69NO13. The van der Waals surface area contributed by atoms with Crippen LogP contribution >= 0.6 is 0 Å². The highest BCUT2D eigenvalue weighted by Gasteiger charge is 2.54. The number of esters is 1. The fraction of sp³-hybridized carbons (Fsp3) is 0.947. The van der Waals surface area contributed by atoms with E-state index in [-0.39, 0.29) is 37.8 Å². The molecule has 0 bridgehead atoms. The van der Waals surface area contributed by atoms with E-state index in [2.05, 4.69) is 0 Å². The number of likely N-dealkylation sites (N-methyl/N-ethyl adjacent to an activating group) is 1. The third-order valence-electron chi connectivity index (χ3n) is 12.3. The molecule has 0 saturated carbocycles. The van der Waals surface area contributed by atoms with Gasteiger partial charge in [0.15, 0.2) is 12.6 Å². The van der Waals surface area contributed by atoms with Gasteiger partial charge in [-0.15, -0.1) is 0 Å². The van der Waals surface area contributed by atoms with Crippen LogP contribution in [0.3, 0.4) is 0 Å². The Bertz CT molecular complexity index is 1190. The zero-order chi connectivity index (χ0) is 39.7. The van der Waals surface area contributed by atoms with Crippen molar-refractivity contribution < 1.29 is 63.5 Å². The lowest BCUT2D eigenvalue weighted by Gasteiger charge is -2.49. The van der Waals surface area contributed by atoms with Crippen LogP contribution in [0, 0.1) is 23.7 Å². The van der Waals surface area contributed by atoms with Crippen LogP contribution < -0.4 is 0 Å². The number of carbonyl (C=O) groups excluding carboxylic acids is 2. The number of methoxy groups -OCH3 is 1. The van der Waals surface area contributed by atoms with Crippen LogP contribution in [0.5, 0.6) is 0 Å². The quantitative estimate of drug-likeness (QED) is 0.227. The van der Waals surface area contributed by atoms with E-state index in [0.29, 0.717) is 6.42 Å². The van der Waals surface area contributed by atoms with Gasteiger partial charge in [-0.1, -0.05) is 34.6 Å². The number of Topliss-reactive ketones (excluding diaryl/α,β-unsaturated/α-hetero) is 1. The monoisotopic (exact) mass is 747 g/mol. The Labute approximate surface area is 310 Å². The Balaban J connectivity index is 2.22. The summed E-state index contributed by atoms with van der Waals surface area (Å²) in [5.74, 6) is -4.95. The van der Waals surface area contributed by atoms with Gasteiger partial charge in [0.25, 0.3) is 0 Å². The molecule has 3 aliphatic heterocycles. The first-order chi connectivity index (χ1) is 24.0. The van der Waals surface area contributed by atoms with Crippen molar-refractivity contribution in [3.63, 3.8) is 0 Å². The largest absolute Gasteiger partial charge is 0.459 e. The lowest BCUT2D eigenvalue weighted by atomic mass is 9.72. The zero-order valence-corrected chi connectivity index (χ0v) is 33.6. The van der Waals surface area contributed by atoms with E-state index in [9.17, 15) is 35.1 Å². The molecule has 2 unspecified atom stereocenters. The predicted molar refractivity (Wildman–Crippen MR) is 191 cm³/mol. The first-order valence-corrected chi connectivity index (χ1v) is 19.1. The molecule has 52 heavy (non-hydrogen) atoms. The Morgan fingerprint density at radius 3 is 2.04 bits per heavy atom. The van der Waals surface area contributed by atoms with Gasteiger partial charge in [0, 0.05) is 37.3 Å². The van der Waals surface area contributed by atoms with E-state index in [0.717, 1.165) is 0 Å². The van der Waals surface area contributed by atoms with Gasteiger partial charge in [-0.3, -0.25) is 9.59 Å². The van der Waals surface area contributed by atoms with Crippen molar-refractivity contribution in [3.05, 3.63) is 0 Å². The molecule has 3 aliphatic rings. The summed E-state index contributed by atoms with van der Waals surface area (Å²) in [5, 5.41) is 58.1. The summed E-state index contributed by atoms with van der Waals surface area (Å²) in [5.41, 5.74) is -4.80. The third kappa shape index (κ3) is 9.38. The van der Waals surface area contributed by atoms with Crippen LogP contribution in [0.4, 0.5) is 0 Å². The molecule has 3 saturated heterocycles. The average molecular weight is 748 g/mol. The van der Waals surface area contributed by atoms with E-state index in [1.807, 2.05) is 25.9 Å². The number of rotatable bonds is 8. The van der Waals surface area contributed by atoms with Gasteiger partial charge in [-0.05, 0) is 74.4 Å². The number of nitrogens with zero attached hydrogens (tertiary/aromatic N) is 1. The molecule has 0 aromatic carbocycles. The second-order valence-corrected chi connectivity index (χ2v) is 16.6. The fourth-order valence-corrected chi connectivity index (χ4v) is 8.57. The maximum absolute atomic E-state index is 14.1. The van der Waals surface area contributed by atoms with Gasteiger partial charge in [0.05, 0.1) is 47.6 Å². The first kappa shape index (κ1) is 45.1. The molecule has 0 amide bonds. The van der Waals surface area contributed by atoms with Crippen molar-refractivity contribution in [2.75, 3.05) is 21.2 Å². The predicted octanol–water partition coefficient (Wildman–Crippen LogP) is 2.18. The maximum Gasteiger partial charge on any atom is 0.311 e. The molecule has 0 radical (unpaired) electrons. The van der Waals surface area contributed by atoms with Crippen LogP contribution in [0.15, 0.2) is 0 Å². The van der Waals surface area contributed by atoms with E-state index in [1.165, 1.54) is 21.0 Å². The molecule has 0 aliphatic carbocycles. The van der Waals surface area contributed by atoms with Crippen molar-refractivity contribution in [3.8, 4) is 0 Å². The third-order valence-corrected chi connectivity index (χ3v) is 12.3. The molecule has 18 atom stereocenters. The highest BCUT2D eigenvalue weighted by Crippen LogP contribution is 2.41. The Kier molecular flexibility index (Phi) is 15.3. The summed E-state index contributed by atoms with van der Waals surface area (Å²) in [6.07, 6.45) is -9.57. The molecule has 3 heterocycles. The van der Waals surface area contributed by atoms with Crippen LogP contribution in [0.25, 0.3) is 0 Å². The fourth-order valence-electron chi connectivity index (χ4n) is 8.57. The van der Waals surface area contributed by atoms with Crippen molar-refractivity contribution in [2.45, 2.75) is 186 Å². The molecule has 3 fully saturated rings. The molecular weight excluding hydrogens is 678 g/mol. The number of aliphatic hydroxyl groups excluding tert-OH is 3. The minimum atomic E-state index is -2.00. The second-order valence-electron chi connectivity index (χ2n) is 16.6. The normalized spacial score (nSPS) is 49.0. The highest BCUT2D eigenvalue weighted by atomic mass is 16.7. The number of aliphatic hydroxyl groups is 5. The summed E-state index contributed by atoms with van der Waals surface area (Å²) in [6, 6.07) is -0.324. The number of carbonyl (C=O) groups is 2. The SMILES string of the molecule is CCC1OC(=O)[C@H](C)C(O[C@H]2C[C@@](C)(OC)[C@@H](O)[C@H](C)O2)[C@H](C)[C@@H](O[C@@H]2O[C@H](C)C[C@H](N(C)C)[C@H]2O)[C@@](O)(CC)C[C@@H](C)C(=O)[C@H](C)[C@@H](O)[C@]1(C)O. The average Bonchev–Trinajstić information content (AvgIpc) is 3.09. The highest BCUT2D eigenvalue weighted by molar-refractivity contribution is 5.83. The number of hydrogen-bond donors (Lipinski definition) is 5. The summed E-state index contributed by atoms with van der Waals surface area (Å²) in [7, 11) is 5.19. The number of hydrogen-bond acceptors (Lipinski definition) is 14. The number of ketones is 1. The number of ether oxygens (including phenoxy) is 6. The summed E-state index contributed by atoms with van der Waals surface area (Å²) in [6.45, 7) is 16.7. The van der Waals surface area contributed by atoms with Gasteiger partial charge in [0.1, 0.15) is 29.7 Å². The van der Waals surface area contributed by atoms with E-state index in [1.54, 1.807) is 48.5 Å². The molecule has 3 rings (SSSR count). The Hall–Kier alpha value is -1.30. The van der Waals surface area contributed by atoms with Gasteiger partial charge < -0.3 is 58.9 Å². The van der Waals surface area contributed by atoms with Crippen molar-refractivity contribution >= 4 is 11.8 Å². The van der Waals surface area contributed by atoms with Crippen LogP contribution in [0.1, 0.15) is 101 Å². The Morgan fingerprint density at radius 2 is 1.50 bits per heavy atom. The van der Waals surface area contributed by atoms with Gasteiger partial charge in [0.2, 0.25) is 0 Å². The van der Waals surface area contributed by atoms with Gasteiger partial charge in [-0.2, -0.15) is 0 Å². The lowest BCUT2D eigenvalue weighted by molar-refractivity contribution is -0.319. The van der Waals surface area contributed by atoms with E-state index < -0.39 is 108 Å². The molecule has 0 aromatic heterocycles. The molecule has 304 valence electrons. The van der Waals surface area contributed by atoms with Gasteiger partial charge >= 0.3 is 5.97 Å². The smallest absolute Gasteiger partial charge is 0.311 e. The van der Waals surface area contributed by atoms with Crippen molar-refractivity contribution in [1.82, 2.24) is 4.90 Å². The molecule has 5 N–H and O–H groups in total. The minimum absolute atomic E-state index is 0.0952. The lowest BCUT2D eigenvalue weighted by Crippen LogP contribution is -2.61. The summed E-state index contributed by atoms with van der Waals surface area (Å²) >= 11 is 0. The van der Waals surface area contributed by atoms with E-state index >= 15 is 0 Å². The Morgan fingerprint density at radius 1 is 0.885 bits per heavy atom. The van der Waals surface area contributed by atoms with Crippen LogP contribution in [0.2, 0.25) is 0 Å². The molecule has 14 nitrogen and oxygen atoms in total. The second kappa shape index (κ2) is 17.7. The van der Waals surface area contributed by atoms with Crippen LogP contribution in [-0.2, 0) is 38.0 Å². The number of cyclic esters (lactones) is 1. The maximum atomic E-state index is 14.1. The molecule has 0 spiro atoms. The van der Waals surface area contributed by atoms with Crippen molar-refractivity contribution in [2.24, 2.45) is 23.7 Å². The summed E-state index contributed by atoms with van der Waals surface area (Å²) < 4.78 is 37.3. The summed E-state index contributed by atoms with van der Waals surface area (Å²) in [4.78, 5) is 30.0. The minimum Gasteiger partial charge on any atom is -0.459 e. The molecule has 14 heteroatoms. The van der Waals surface area contributed by atoms with Crippen molar-refractivity contribution in [1.29, 1.82) is 0 Å². The molecule has 0 aromatic rings. The van der Waals surface area contributed by atoms with Gasteiger partial charge in [-0.25, -0.2) is 0 Å². The topological polar surface area (TPSA) is 194 Å². The van der Waals surface area contributed by atoms with E-state index in [4.69, 9.17) is 28.4 Å².